The third-order valence-electron chi connectivity index (χ3n) is 3.44. The molecule has 1 heterocycles. The molecule has 0 saturated heterocycles. The second kappa shape index (κ2) is 8.39. The molecule has 134 valence electrons. The van der Waals surface area contributed by atoms with Gasteiger partial charge in [0.05, 0.1) is 15.2 Å². The van der Waals surface area contributed by atoms with Gasteiger partial charge in [-0.3, -0.25) is 20.4 Å². The van der Waals surface area contributed by atoms with E-state index in [1.54, 1.807) is 6.07 Å². The first-order chi connectivity index (χ1) is 12.6. The highest BCUT2D eigenvalue weighted by Gasteiger charge is 2.09. The zero-order chi connectivity index (χ0) is 18.4. The number of fused-ring (bicyclic) bond motifs is 1. The summed E-state index contributed by atoms with van der Waals surface area (Å²) < 4.78 is 19.5. The third-order valence-corrected chi connectivity index (χ3v) is 4.54. The predicted octanol–water partition coefficient (Wildman–Crippen LogP) is 2.59. The highest BCUT2D eigenvalue weighted by atomic mass is 32.1. The summed E-state index contributed by atoms with van der Waals surface area (Å²) in [6, 6.07) is 13.5. The molecule has 0 spiro atoms. The molecule has 3 rings (SSSR count). The highest BCUT2D eigenvalue weighted by Crippen LogP contribution is 2.22. The van der Waals surface area contributed by atoms with Gasteiger partial charge in [0.2, 0.25) is 5.91 Å². The molecule has 2 N–H and O–H groups in total. The summed E-state index contributed by atoms with van der Waals surface area (Å²) in [6.07, 6.45) is 0.668. The van der Waals surface area contributed by atoms with Crippen LogP contribution in [0.3, 0.4) is 0 Å². The smallest absolute Gasteiger partial charge is 0.276 e. The van der Waals surface area contributed by atoms with Gasteiger partial charge < -0.3 is 4.74 Å². The van der Waals surface area contributed by atoms with Gasteiger partial charge in [0.25, 0.3) is 5.91 Å². The van der Waals surface area contributed by atoms with Gasteiger partial charge in [-0.25, -0.2) is 9.37 Å². The number of rotatable bonds is 6. The van der Waals surface area contributed by atoms with Gasteiger partial charge in [-0.1, -0.05) is 24.3 Å². The second-order valence-corrected chi connectivity index (χ2v) is 6.51. The average Bonchev–Trinajstić information content (AvgIpc) is 3.07. The minimum Gasteiger partial charge on any atom is -0.481 e. The zero-order valence-electron chi connectivity index (χ0n) is 13.7. The molecule has 1 aromatic heterocycles. The first-order valence-corrected chi connectivity index (χ1v) is 8.73. The molecule has 0 unspecified atom stereocenters. The van der Waals surface area contributed by atoms with Gasteiger partial charge in [0.1, 0.15) is 0 Å². The molecular weight excluding hydrogens is 357 g/mol. The van der Waals surface area contributed by atoms with Crippen LogP contribution in [-0.4, -0.2) is 23.4 Å². The van der Waals surface area contributed by atoms with Crippen molar-refractivity contribution in [3.05, 3.63) is 59.4 Å². The minimum atomic E-state index is -0.582. The number of hydrogen-bond acceptors (Lipinski definition) is 5. The number of thiazole rings is 1. The number of para-hydroxylation sites is 2. The van der Waals surface area contributed by atoms with Gasteiger partial charge in [-0.05, 0) is 24.3 Å². The molecule has 3 aromatic rings. The molecule has 0 atom stereocenters. The standard InChI is InChI=1S/C18H16FN3O3S/c19-12-5-1-3-7-14(12)25-11-17(24)22-21-16(23)9-10-18-20-13-6-2-4-8-15(13)26-18/h1-8H,9-11H2,(H,21,23)(H,22,24). The molecule has 2 amide bonds. The Labute approximate surface area is 153 Å². The third kappa shape index (κ3) is 4.76. The number of nitrogens with zero attached hydrogens (tertiary/aromatic N) is 1. The lowest BCUT2D eigenvalue weighted by Crippen LogP contribution is -2.43. The molecule has 0 bridgehead atoms. The van der Waals surface area contributed by atoms with E-state index in [4.69, 9.17) is 4.74 Å². The molecule has 0 saturated carbocycles. The minimum absolute atomic E-state index is 0.0233. The van der Waals surface area contributed by atoms with Crippen molar-refractivity contribution < 1.29 is 18.7 Å². The number of halogens is 1. The maximum Gasteiger partial charge on any atom is 0.276 e. The Balaban J connectivity index is 1.39. The van der Waals surface area contributed by atoms with Crippen LogP contribution in [0.15, 0.2) is 48.5 Å². The van der Waals surface area contributed by atoms with E-state index in [1.807, 2.05) is 24.3 Å². The van der Waals surface area contributed by atoms with Crippen molar-refractivity contribution in [1.29, 1.82) is 0 Å². The predicted molar refractivity (Wildman–Crippen MR) is 96.1 cm³/mol. The SMILES string of the molecule is O=C(CCc1nc2ccccc2s1)NNC(=O)COc1ccccc1F. The Hall–Kier alpha value is -3.00. The lowest BCUT2D eigenvalue weighted by Gasteiger charge is -2.09. The van der Waals surface area contributed by atoms with Crippen molar-refractivity contribution in [2.75, 3.05) is 6.61 Å². The van der Waals surface area contributed by atoms with Crippen molar-refractivity contribution in [3.63, 3.8) is 0 Å². The van der Waals surface area contributed by atoms with Gasteiger partial charge in [0, 0.05) is 12.8 Å². The number of carbonyl (C=O) groups excluding carboxylic acids is 2. The molecule has 2 aromatic carbocycles. The van der Waals surface area contributed by atoms with Crippen LogP contribution in [-0.2, 0) is 16.0 Å². The largest absolute Gasteiger partial charge is 0.481 e. The van der Waals surface area contributed by atoms with Gasteiger partial charge in [0.15, 0.2) is 18.2 Å². The average molecular weight is 373 g/mol. The van der Waals surface area contributed by atoms with Crippen molar-refractivity contribution in [2.24, 2.45) is 0 Å². The molecule has 0 aliphatic rings. The van der Waals surface area contributed by atoms with Crippen molar-refractivity contribution in [2.45, 2.75) is 12.8 Å². The monoisotopic (exact) mass is 373 g/mol. The summed E-state index contributed by atoms with van der Waals surface area (Å²) in [5.74, 6) is -1.50. The van der Waals surface area contributed by atoms with Crippen LogP contribution in [0, 0.1) is 5.82 Å². The van der Waals surface area contributed by atoms with Crippen molar-refractivity contribution >= 4 is 33.4 Å². The maximum atomic E-state index is 13.4. The van der Waals surface area contributed by atoms with Gasteiger partial charge >= 0.3 is 0 Å². The molecule has 6 nitrogen and oxygen atoms in total. The Bertz CT molecular complexity index is 896. The Kier molecular flexibility index (Phi) is 5.75. The first kappa shape index (κ1) is 17.8. The van der Waals surface area contributed by atoms with Crippen LogP contribution < -0.4 is 15.6 Å². The number of hydrogen-bond donors (Lipinski definition) is 2. The molecular formula is C18H16FN3O3S. The number of nitrogens with one attached hydrogen (secondary N) is 2. The van der Waals surface area contributed by atoms with E-state index < -0.39 is 18.3 Å². The van der Waals surface area contributed by atoms with E-state index >= 15 is 0 Å². The van der Waals surface area contributed by atoms with Crippen molar-refractivity contribution in [3.8, 4) is 5.75 Å². The lowest BCUT2D eigenvalue weighted by molar-refractivity contribution is -0.130. The van der Waals surface area contributed by atoms with E-state index in [-0.39, 0.29) is 18.1 Å². The summed E-state index contributed by atoms with van der Waals surface area (Å²) in [6.45, 7) is -0.404. The Morgan fingerprint density at radius 1 is 1.04 bits per heavy atom. The number of aryl methyl sites for hydroxylation is 1. The second-order valence-electron chi connectivity index (χ2n) is 5.39. The summed E-state index contributed by atoms with van der Waals surface area (Å²) in [5, 5.41) is 0.857. The fourth-order valence-corrected chi connectivity index (χ4v) is 3.16. The fourth-order valence-electron chi connectivity index (χ4n) is 2.19. The number of hydrazine groups is 1. The fraction of sp³-hybridized carbons (Fsp3) is 0.167. The molecule has 0 radical (unpaired) electrons. The molecule has 26 heavy (non-hydrogen) atoms. The van der Waals surface area contributed by atoms with Crippen molar-refractivity contribution in [1.82, 2.24) is 15.8 Å². The zero-order valence-corrected chi connectivity index (χ0v) is 14.5. The van der Waals surface area contributed by atoms with E-state index in [2.05, 4.69) is 15.8 Å². The number of amides is 2. The summed E-state index contributed by atoms with van der Waals surface area (Å²) in [7, 11) is 0. The number of benzene rings is 2. The summed E-state index contributed by atoms with van der Waals surface area (Å²) in [4.78, 5) is 27.9. The van der Waals surface area contributed by atoms with Crippen LogP contribution in [0.4, 0.5) is 4.39 Å². The molecule has 0 aliphatic carbocycles. The quantitative estimate of drug-likeness (QED) is 0.651. The van der Waals surface area contributed by atoms with Crippen LogP contribution in [0.5, 0.6) is 5.75 Å². The van der Waals surface area contributed by atoms with Crippen LogP contribution in [0.1, 0.15) is 11.4 Å². The van der Waals surface area contributed by atoms with E-state index in [0.29, 0.717) is 6.42 Å². The Morgan fingerprint density at radius 3 is 2.58 bits per heavy atom. The number of carbonyl (C=O) groups is 2. The summed E-state index contributed by atoms with van der Waals surface area (Å²) in [5.41, 5.74) is 5.44. The topological polar surface area (TPSA) is 80.3 Å². The normalized spacial score (nSPS) is 10.5. The maximum absolute atomic E-state index is 13.4. The lowest BCUT2D eigenvalue weighted by atomic mass is 10.3. The van der Waals surface area contributed by atoms with Gasteiger partial charge in [-0.15, -0.1) is 11.3 Å². The van der Waals surface area contributed by atoms with E-state index in [9.17, 15) is 14.0 Å². The van der Waals surface area contributed by atoms with Crippen LogP contribution >= 0.6 is 11.3 Å². The molecule has 0 fully saturated rings. The highest BCUT2D eigenvalue weighted by molar-refractivity contribution is 7.18. The van der Waals surface area contributed by atoms with E-state index in [1.165, 1.54) is 29.5 Å². The number of aromatic nitrogens is 1. The van der Waals surface area contributed by atoms with E-state index in [0.717, 1.165) is 15.2 Å². The van der Waals surface area contributed by atoms with Crippen LogP contribution in [0.25, 0.3) is 10.2 Å². The van der Waals surface area contributed by atoms with Crippen LogP contribution in [0.2, 0.25) is 0 Å². The molecule has 8 heteroatoms. The first-order valence-electron chi connectivity index (χ1n) is 7.91. The Morgan fingerprint density at radius 2 is 1.77 bits per heavy atom. The van der Waals surface area contributed by atoms with Gasteiger partial charge in [-0.2, -0.15) is 0 Å². The number of ether oxygens (including phenoxy) is 1. The molecule has 0 aliphatic heterocycles. The summed E-state index contributed by atoms with van der Waals surface area (Å²) >= 11 is 1.54.